The third kappa shape index (κ3) is 41.9. The van der Waals surface area contributed by atoms with Crippen molar-refractivity contribution in [3.05, 3.63) is 12.2 Å². The van der Waals surface area contributed by atoms with E-state index in [-0.39, 0.29) is 32.1 Å². The second-order valence-corrected chi connectivity index (χ2v) is 16.8. The van der Waals surface area contributed by atoms with Crippen molar-refractivity contribution in [3.8, 4) is 0 Å². The molecule has 0 aromatic carbocycles. The Bertz CT molecular complexity index is 902. The van der Waals surface area contributed by atoms with Crippen molar-refractivity contribution in [2.24, 2.45) is 0 Å². The Kier molecular flexibility index (Phi) is 40.4. The van der Waals surface area contributed by atoms with Gasteiger partial charge in [0.2, 0.25) is 5.91 Å². The summed E-state index contributed by atoms with van der Waals surface area (Å²) in [4.78, 5) is 33.8. The zero-order valence-electron chi connectivity index (χ0n) is 35.2. The number of aliphatic hydroxyl groups excluding tert-OH is 1. The van der Waals surface area contributed by atoms with Crippen molar-refractivity contribution in [1.82, 2.24) is 5.32 Å². The lowest BCUT2D eigenvalue weighted by Crippen LogP contribution is -2.27. The number of phosphoric ester groups is 1. The van der Waals surface area contributed by atoms with Gasteiger partial charge in [0, 0.05) is 19.4 Å². The van der Waals surface area contributed by atoms with E-state index < -0.39 is 26.5 Å². The van der Waals surface area contributed by atoms with Crippen LogP contribution in [0.2, 0.25) is 0 Å². The molecule has 0 fully saturated rings. The maximum Gasteiger partial charge on any atom is 0.472 e. The molecular weight excluding hydrogens is 701 g/mol. The number of nitrogens with one attached hydrogen (secondary N) is 1. The number of ether oxygens (including phenoxy) is 1. The van der Waals surface area contributed by atoms with Gasteiger partial charge in [-0.25, -0.2) is 4.57 Å². The highest BCUT2D eigenvalue weighted by molar-refractivity contribution is 7.47. The molecule has 0 bridgehead atoms. The predicted octanol–water partition coefficient (Wildman–Crippen LogP) is 12.6. The van der Waals surface area contributed by atoms with Crippen LogP contribution in [-0.2, 0) is 27.9 Å². The first-order valence-electron chi connectivity index (χ1n) is 22.7. The number of unbranched alkanes of at least 4 members (excludes halogenated alkanes) is 28. The molecular formula is C44H86NO8P. The molecule has 0 aliphatic heterocycles. The Morgan fingerprint density at radius 1 is 0.556 bits per heavy atom. The van der Waals surface area contributed by atoms with E-state index in [0.29, 0.717) is 6.42 Å². The van der Waals surface area contributed by atoms with Crippen LogP contribution in [-0.4, -0.2) is 54.3 Å². The summed E-state index contributed by atoms with van der Waals surface area (Å²) in [7, 11) is -4.41. The van der Waals surface area contributed by atoms with Gasteiger partial charge in [-0.2, -0.15) is 0 Å². The number of allylic oxidation sites excluding steroid dienone is 2. The van der Waals surface area contributed by atoms with Gasteiger partial charge < -0.3 is 20.1 Å². The van der Waals surface area contributed by atoms with E-state index in [1.165, 1.54) is 161 Å². The van der Waals surface area contributed by atoms with Gasteiger partial charge in [0.25, 0.3) is 0 Å². The molecule has 0 aromatic heterocycles. The molecule has 2 unspecified atom stereocenters. The number of carbonyl (C=O) groups is 2. The topological polar surface area (TPSA) is 131 Å². The van der Waals surface area contributed by atoms with Gasteiger partial charge in [-0.05, 0) is 38.5 Å². The minimum Gasteiger partial charge on any atom is -0.463 e. The van der Waals surface area contributed by atoms with Gasteiger partial charge >= 0.3 is 13.8 Å². The molecule has 0 spiro atoms. The second-order valence-electron chi connectivity index (χ2n) is 15.4. The van der Waals surface area contributed by atoms with E-state index in [4.69, 9.17) is 13.8 Å². The van der Waals surface area contributed by atoms with Crippen molar-refractivity contribution in [3.63, 3.8) is 0 Å². The van der Waals surface area contributed by atoms with Gasteiger partial charge in [-0.15, -0.1) is 0 Å². The SMILES string of the molecule is CCCCCCCC/C=C/CCCCCCCCCCCCCCCC(=O)OCC(O)COP(=O)(O)OCCNC(=O)CCCCCCCCCCCC. The molecule has 320 valence electrons. The number of carbonyl (C=O) groups excluding carboxylic acids is 2. The largest absolute Gasteiger partial charge is 0.472 e. The van der Waals surface area contributed by atoms with Crippen LogP contribution in [0.5, 0.6) is 0 Å². The average molecular weight is 788 g/mol. The number of hydrogen-bond donors (Lipinski definition) is 3. The lowest BCUT2D eigenvalue weighted by atomic mass is 10.0. The Hall–Kier alpha value is -1.25. The monoisotopic (exact) mass is 788 g/mol. The van der Waals surface area contributed by atoms with Gasteiger partial charge in [-0.1, -0.05) is 187 Å². The zero-order valence-corrected chi connectivity index (χ0v) is 36.1. The van der Waals surface area contributed by atoms with E-state index in [0.717, 1.165) is 38.5 Å². The fourth-order valence-corrected chi connectivity index (χ4v) is 7.25. The maximum atomic E-state index is 12.1. The lowest BCUT2D eigenvalue weighted by molar-refractivity contribution is -0.147. The average Bonchev–Trinajstić information content (AvgIpc) is 3.16. The molecule has 0 aliphatic rings. The number of amides is 1. The fraction of sp³-hybridized carbons (Fsp3) is 0.909. The summed E-state index contributed by atoms with van der Waals surface area (Å²) in [6.45, 7) is 3.56. The van der Waals surface area contributed by atoms with Crippen LogP contribution in [0.25, 0.3) is 0 Å². The highest BCUT2D eigenvalue weighted by Crippen LogP contribution is 2.42. The lowest BCUT2D eigenvalue weighted by Gasteiger charge is -2.15. The normalized spacial score (nSPS) is 13.3. The maximum absolute atomic E-state index is 12.1. The Morgan fingerprint density at radius 3 is 1.39 bits per heavy atom. The summed E-state index contributed by atoms with van der Waals surface area (Å²) in [6, 6.07) is 0. The van der Waals surface area contributed by atoms with Crippen molar-refractivity contribution >= 4 is 19.7 Å². The minimum atomic E-state index is -4.41. The van der Waals surface area contributed by atoms with E-state index in [1.807, 2.05) is 0 Å². The summed E-state index contributed by atoms with van der Waals surface area (Å²) in [5, 5.41) is 12.7. The summed E-state index contributed by atoms with van der Waals surface area (Å²) in [5.74, 6) is -0.510. The van der Waals surface area contributed by atoms with Crippen LogP contribution in [0.4, 0.5) is 0 Å². The summed E-state index contributed by atoms with van der Waals surface area (Å²) in [5.41, 5.74) is 0. The predicted molar refractivity (Wildman–Crippen MR) is 225 cm³/mol. The van der Waals surface area contributed by atoms with E-state index in [2.05, 4.69) is 31.3 Å². The first kappa shape index (κ1) is 52.8. The first-order valence-corrected chi connectivity index (χ1v) is 24.2. The second kappa shape index (κ2) is 41.4. The van der Waals surface area contributed by atoms with E-state index >= 15 is 0 Å². The summed E-state index contributed by atoms with van der Waals surface area (Å²) >= 11 is 0. The highest BCUT2D eigenvalue weighted by atomic mass is 31.2. The molecule has 3 N–H and O–H groups in total. The molecule has 2 atom stereocenters. The van der Waals surface area contributed by atoms with Gasteiger partial charge in [0.1, 0.15) is 12.7 Å². The Labute approximate surface area is 332 Å². The molecule has 0 aromatic rings. The molecule has 0 heterocycles. The van der Waals surface area contributed by atoms with Crippen LogP contribution < -0.4 is 5.32 Å². The van der Waals surface area contributed by atoms with E-state index in [9.17, 15) is 24.2 Å². The van der Waals surface area contributed by atoms with Crippen molar-refractivity contribution in [1.29, 1.82) is 0 Å². The van der Waals surface area contributed by atoms with Gasteiger partial charge in [0.15, 0.2) is 0 Å². The van der Waals surface area contributed by atoms with Gasteiger partial charge in [0.05, 0.1) is 13.2 Å². The van der Waals surface area contributed by atoms with E-state index in [1.54, 1.807) is 0 Å². The van der Waals surface area contributed by atoms with Crippen molar-refractivity contribution in [2.75, 3.05) is 26.4 Å². The number of hydrogen-bond acceptors (Lipinski definition) is 7. The first-order chi connectivity index (χ1) is 26.3. The molecule has 0 rings (SSSR count). The fourth-order valence-electron chi connectivity index (χ4n) is 6.49. The van der Waals surface area contributed by atoms with Crippen molar-refractivity contribution < 1.29 is 37.9 Å². The van der Waals surface area contributed by atoms with Gasteiger partial charge in [-0.3, -0.25) is 18.6 Å². The third-order valence-electron chi connectivity index (χ3n) is 9.95. The molecule has 0 aliphatic carbocycles. The minimum absolute atomic E-state index is 0.0861. The molecule has 54 heavy (non-hydrogen) atoms. The molecule has 9 nitrogen and oxygen atoms in total. The summed E-state index contributed by atoms with van der Waals surface area (Å²) in [6.07, 6.45) is 43.0. The van der Waals surface area contributed by atoms with Crippen LogP contribution in [0.15, 0.2) is 12.2 Å². The quantitative estimate of drug-likeness (QED) is 0.0241. The number of esters is 1. The van der Waals surface area contributed by atoms with Crippen LogP contribution in [0, 0.1) is 0 Å². The molecule has 0 saturated carbocycles. The molecule has 10 heteroatoms. The number of rotatable bonds is 43. The van der Waals surface area contributed by atoms with Crippen LogP contribution >= 0.6 is 7.82 Å². The smallest absolute Gasteiger partial charge is 0.463 e. The number of aliphatic hydroxyl groups is 1. The molecule has 1 amide bonds. The Morgan fingerprint density at radius 2 is 0.944 bits per heavy atom. The summed E-state index contributed by atoms with van der Waals surface area (Å²) < 4.78 is 26.8. The molecule has 0 saturated heterocycles. The molecule has 0 radical (unpaired) electrons. The number of phosphoric acid groups is 1. The van der Waals surface area contributed by atoms with Crippen molar-refractivity contribution in [2.45, 2.75) is 232 Å². The third-order valence-corrected chi connectivity index (χ3v) is 10.9. The zero-order chi connectivity index (χ0) is 39.6. The highest BCUT2D eigenvalue weighted by Gasteiger charge is 2.23. The standard InChI is InChI=1S/C44H86NO8P/c1-3-5-7-9-11-13-15-16-17-18-19-20-21-22-23-24-25-26-27-29-31-33-35-37-44(48)51-40-42(46)41-53-54(49,50)52-39-38-45-43(47)36-34-32-30-28-14-12-10-8-6-4-2/h16-17,42,46H,3-15,18-41H2,1-2H3,(H,45,47)(H,49,50)/b17-16+. The Balaban J connectivity index is 3.52. The van der Waals surface area contributed by atoms with Crippen LogP contribution in [0.3, 0.4) is 0 Å². The van der Waals surface area contributed by atoms with Crippen LogP contribution in [0.1, 0.15) is 226 Å².